The molecule has 0 saturated carbocycles. The first kappa shape index (κ1) is 16.1. The first-order valence-corrected chi connectivity index (χ1v) is 7.77. The number of nitrogens with one attached hydrogen (secondary N) is 1. The van der Waals surface area contributed by atoms with Crippen LogP contribution >= 0.6 is 0 Å². The predicted molar refractivity (Wildman–Crippen MR) is 93.4 cm³/mol. The van der Waals surface area contributed by atoms with E-state index in [1.54, 1.807) is 25.3 Å². The van der Waals surface area contributed by atoms with E-state index in [0.717, 1.165) is 29.0 Å². The van der Waals surface area contributed by atoms with Gasteiger partial charge < -0.3 is 9.72 Å². The van der Waals surface area contributed by atoms with Gasteiger partial charge in [0.05, 0.1) is 12.6 Å². The molecule has 0 saturated heterocycles. The van der Waals surface area contributed by atoms with E-state index < -0.39 is 0 Å². The van der Waals surface area contributed by atoms with Crippen molar-refractivity contribution in [3.8, 4) is 5.75 Å². The Morgan fingerprint density at radius 3 is 2.68 bits per heavy atom. The van der Waals surface area contributed by atoms with Crippen molar-refractivity contribution in [1.29, 1.82) is 0 Å². The smallest absolute Gasteiger partial charge is 0.190 e. The Balaban J connectivity index is 0.000000847. The zero-order valence-corrected chi connectivity index (χ0v) is 13.6. The largest absolute Gasteiger partial charge is 0.497 e. The lowest BCUT2D eigenvalue weighted by atomic mass is 9.96. The molecule has 1 atom stereocenters. The molecule has 1 aliphatic carbocycles. The lowest BCUT2D eigenvalue weighted by molar-refractivity contribution is 0.415. The fourth-order valence-electron chi connectivity index (χ4n) is 2.53. The molecule has 1 aromatic heterocycles. The third-order valence-corrected chi connectivity index (χ3v) is 3.62. The molecular weight excluding hydrogens is 274 g/mol. The molecule has 3 rings (SSSR count). The van der Waals surface area contributed by atoms with Crippen LogP contribution in [0, 0.1) is 5.92 Å². The van der Waals surface area contributed by atoms with Gasteiger partial charge in [-0.25, -0.2) is 0 Å². The molecule has 0 aliphatic heterocycles. The summed E-state index contributed by atoms with van der Waals surface area (Å²) in [4.78, 5) is 15.5. The molecule has 1 aromatic carbocycles. The molecule has 0 bridgehead atoms. The molecule has 3 nitrogen and oxygen atoms in total. The van der Waals surface area contributed by atoms with Crippen molar-refractivity contribution in [2.24, 2.45) is 5.92 Å². The zero-order chi connectivity index (χ0) is 16.1. The standard InChI is InChI=1S/C17H17NO2.C2H6/c1-11-4-3-5-12(8-11)15-10-17(19)14-7-6-13(20-2)9-16(14)18-15;1-2/h3,5-11H,4H2,1-2H3,(H,18,19);1-2H3. The topological polar surface area (TPSA) is 42.1 Å². The number of hydrogen-bond acceptors (Lipinski definition) is 2. The molecule has 2 aromatic rings. The highest BCUT2D eigenvalue weighted by molar-refractivity contribution is 5.83. The maximum atomic E-state index is 12.2. The highest BCUT2D eigenvalue weighted by atomic mass is 16.5. The molecule has 0 radical (unpaired) electrons. The van der Waals surface area contributed by atoms with Crippen LogP contribution in [0.1, 0.15) is 32.9 Å². The maximum Gasteiger partial charge on any atom is 0.190 e. The van der Waals surface area contributed by atoms with Crippen LogP contribution in [0.15, 0.2) is 47.3 Å². The molecule has 1 aliphatic rings. The number of hydrogen-bond donors (Lipinski definition) is 1. The second kappa shape index (κ2) is 7.12. The van der Waals surface area contributed by atoms with E-state index >= 15 is 0 Å². The average Bonchev–Trinajstić information content (AvgIpc) is 2.56. The van der Waals surface area contributed by atoms with Crippen LogP contribution in [0.5, 0.6) is 5.75 Å². The fourth-order valence-corrected chi connectivity index (χ4v) is 2.53. The first-order valence-electron chi connectivity index (χ1n) is 7.77. The number of ether oxygens (including phenoxy) is 1. The summed E-state index contributed by atoms with van der Waals surface area (Å²) in [5.41, 5.74) is 2.77. The number of pyridine rings is 1. The second-order valence-corrected chi connectivity index (χ2v) is 5.20. The van der Waals surface area contributed by atoms with Crippen LogP contribution in [-0.2, 0) is 0 Å². The molecule has 22 heavy (non-hydrogen) atoms. The van der Waals surface area contributed by atoms with E-state index in [4.69, 9.17) is 4.74 Å². The highest BCUT2D eigenvalue weighted by Gasteiger charge is 2.09. The van der Waals surface area contributed by atoms with E-state index in [9.17, 15) is 4.79 Å². The first-order chi connectivity index (χ1) is 10.7. The third-order valence-electron chi connectivity index (χ3n) is 3.62. The van der Waals surface area contributed by atoms with Gasteiger partial charge in [-0.2, -0.15) is 0 Å². The number of H-pyrrole nitrogens is 1. The van der Waals surface area contributed by atoms with Gasteiger partial charge in [0, 0.05) is 23.2 Å². The minimum Gasteiger partial charge on any atom is -0.497 e. The predicted octanol–water partition coefficient (Wildman–Crippen LogP) is 4.54. The van der Waals surface area contributed by atoms with Crippen molar-refractivity contribution in [3.63, 3.8) is 0 Å². The Labute approximate surface area is 131 Å². The molecule has 1 unspecified atom stereocenters. The van der Waals surface area contributed by atoms with Gasteiger partial charge in [0.2, 0.25) is 0 Å². The van der Waals surface area contributed by atoms with Gasteiger partial charge in [-0.1, -0.05) is 39.0 Å². The Morgan fingerprint density at radius 1 is 1.23 bits per heavy atom. The van der Waals surface area contributed by atoms with E-state index in [1.807, 2.05) is 19.9 Å². The number of benzene rings is 1. The summed E-state index contributed by atoms with van der Waals surface area (Å²) in [6.45, 7) is 6.17. The van der Waals surface area contributed by atoms with Crippen LogP contribution < -0.4 is 10.2 Å². The lowest BCUT2D eigenvalue weighted by Gasteiger charge is -2.13. The van der Waals surface area contributed by atoms with E-state index in [0.29, 0.717) is 11.3 Å². The van der Waals surface area contributed by atoms with Crippen molar-refractivity contribution in [1.82, 2.24) is 4.98 Å². The summed E-state index contributed by atoms with van der Waals surface area (Å²) in [6.07, 6.45) is 7.46. The molecule has 1 heterocycles. The minimum atomic E-state index is 0.0314. The van der Waals surface area contributed by atoms with Crippen LogP contribution in [-0.4, -0.2) is 12.1 Å². The summed E-state index contributed by atoms with van der Waals surface area (Å²) in [5, 5.41) is 0.683. The van der Waals surface area contributed by atoms with Crippen LogP contribution in [0.25, 0.3) is 16.5 Å². The summed E-state index contributed by atoms with van der Waals surface area (Å²) < 4.78 is 5.21. The van der Waals surface area contributed by atoms with E-state index in [2.05, 4.69) is 30.1 Å². The summed E-state index contributed by atoms with van der Waals surface area (Å²) in [7, 11) is 1.62. The number of fused-ring (bicyclic) bond motifs is 1. The second-order valence-electron chi connectivity index (χ2n) is 5.20. The van der Waals surface area contributed by atoms with Crippen molar-refractivity contribution >= 4 is 16.5 Å². The third kappa shape index (κ3) is 3.30. The van der Waals surface area contributed by atoms with E-state index in [-0.39, 0.29) is 5.43 Å². The van der Waals surface area contributed by atoms with E-state index in [1.165, 1.54) is 0 Å². The van der Waals surface area contributed by atoms with Gasteiger partial charge in [0.1, 0.15) is 5.75 Å². The number of allylic oxidation sites excluding steroid dienone is 4. The van der Waals surface area contributed by atoms with Crippen LogP contribution in [0.3, 0.4) is 0 Å². The minimum absolute atomic E-state index is 0.0314. The Hall–Kier alpha value is -2.29. The lowest BCUT2D eigenvalue weighted by Crippen LogP contribution is -2.06. The summed E-state index contributed by atoms with van der Waals surface area (Å²) >= 11 is 0. The van der Waals surface area contributed by atoms with Crippen LogP contribution in [0.2, 0.25) is 0 Å². The Morgan fingerprint density at radius 2 is 2.00 bits per heavy atom. The fraction of sp³-hybridized carbons (Fsp3) is 0.316. The van der Waals surface area contributed by atoms with Gasteiger partial charge in [0.15, 0.2) is 5.43 Å². The van der Waals surface area contributed by atoms with Gasteiger partial charge in [0.25, 0.3) is 0 Å². The van der Waals surface area contributed by atoms with Crippen LogP contribution in [0.4, 0.5) is 0 Å². The number of methoxy groups -OCH3 is 1. The Bertz CT molecular complexity index is 769. The highest BCUT2D eigenvalue weighted by Crippen LogP contribution is 2.24. The number of aromatic nitrogens is 1. The van der Waals surface area contributed by atoms with Crippen molar-refractivity contribution < 1.29 is 4.74 Å². The average molecular weight is 297 g/mol. The monoisotopic (exact) mass is 297 g/mol. The van der Waals surface area contributed by atoms with Crippen molar-refractivity contribution in [2.45, 2.75) is 27.2 Å². The van der Waals surface area contributed by atoms with Gasteiger partial charge in [-0.15, -0.1) is 0 Å². The Kier molecular flexibility index (Phi) is 5.21. The summed E-state index contributed by atoms with van der Waals surface area (Å²) in [5.74, 6) is 1.24. The molecule has 3 heteroatoms. The van der Waals surface area contributed by atoms with Crippen molar-refractivity contribution in [2.75, 3.05) is 7.11 Å². The molecule has 1 N–H and O–H groups in total. The normalized spacial score (nSPS) is 16.7. The summed E-state index contributed by atoms with van der Waals surface area (Å²) in [6, 6.07) is 7.13. The maximum absolute atomic E-state index is 12.2. The SMILES string of the molecule is CC.COc1ccc2c(=O)cc(C3=CC(C)CC=C3)[nH]c2c1. The van der Waals surface area contributed by atoms with Gasteiger partial charge in [-0.3, -0.25) is 4.79 Å². The zero-order valence-electron chi connectivity index (χ0n) is 13.6. The molecule has 116 valence electrons. The van der Waals surface area contributed by atoms with Crippen molar-refractivity contribution in [3.05, 3.63) is 58.4 Å². The number of rotatable bonds is 2. The number of aromatic amines is 1. The molecule has 0 amide bonds. The molecule has 0 spiro atoms. The molecular formula is C19H23NO2. The quantitative estimate of drug-likeness (QED) is 0.884. The molecule has 0 fully saturated rings. The van der Waals surface area contributed by atoms with Gasteiger partial charge in [-0.05, 0) is 30.0 Å². The van der Waals surface area contributed by atoms with Gasteiger partial charge >= 0.3 is 0 Å².